The van der Waals surface area contributed by atoms with Crippen LogP contribution in [0.2, 0.25) is 0 Å². The Morgan fingerprint density at radius 2 is 1.87 bits per heavy atom. The SMILES string of the molecule is CC(C)CC1(c2ccccc2)OC(=O)C2=C1CN(C(=S)CCCN1CCCCC1)CC2. The number of hydrogen-bond donors (Lipinski definition) is 0. The lowest BCUT2D eigenvalue weighted by Crippen LogP contribution is -2.41. The molecular weight excluding hydrogens is 404 g/mol. The van der Waals surface area contributed by atoms with Gasteiger partial charge >= 0.3 is 5.97 Å². The number of piperidine rings is 1. The van der Waals surface area contributed by atoms with E-state index in [1.807, 2.05) is 18.2 Å². The van der Waals surface area contributed by atoms with Gasteiger partial charge in [-0.1, -0.05) is 62.8 Å². The Kier molecular flexibility index (Phi) is 7.12. The average molecular weight is 441 g/mol. The van der Waals surface area contributed by atoms with Crippen LogP contribution in [0.25, 0.3) is 0 Å². The number of cyclic esters (lactones) is 1. The van der Waals surface area contributed by atoms with Crippen molar-refractivity contribution in [1.29, 1.82) is 0 Å². The van der Waals surface area contributed by atoms with Crippen molar-refractivity contribution in [2.45, 2.75) is 64.4 Å². The molecule has 1 aromatic carbocycles. The van der Waals surface area contributed by atoms with Gasteiger partial charge < -0.3 is 14.5 Å². The molecule has 1 fully saturated rings. The van der Waals surface area contributed by atoms with E-state index in [1.165, 1.54) is 32.4 Å². The van der Waals surface area contributed by atoms with E-state index in [4.69, 9.17) is 17.0 Å². The molecule has 0 radical (unpaired) electrons. The minimum absolute atomic E-state index is 0.129. The van der Waals surface area contributed by atoms with E-state index in [0.717, 1.165) is 60.5 Å². The maximum Gasteiger partial charge on any atom is 0.335 e. The monoisotopic (exact) mass is 440 g/mol. The van der Waals surface area contributed by atoms with E-state index in [9.17, 15) is 4.79 Å². The van der Waals surface area contributed by atoms with Crippen LogP contribution in [-0.4, -0.2) is 53.5 Å². The molecule has 31 heavy (non-hydrogen) atoms. The second kappa shape index (κ2) is 9.83. The average Bonchev–Trinajstić information content (AvgIpc) is 3.06. The summed E-state index contributed by atoms with van der Waals surface area (Å²) in [5, 5.41) is 0. The normalized spacial score (nSPS) is 24.5. The Bertz CT molecular complexity index is 829. The van der Waals surface area contributed by atoms with Crippen molar-refractivity contribution in [3.05, 3.63) is 47.0 Å². The molecule has 3 aliphatic heterocycles. The summed E-state index contributed by atoms with van der Waals surface area (Å²) in [6.07, 6.45) is 7.64. The minimum atomic E-state index is -0.649. The number of benzene rings is 1. The highest BCUT2D eigenvalue weighted by Gasteiger charge is 2.50. The lowest BCUT2D eigenvalue weighted by molar-refractivity contribution is -0.149. The lowest BCUT2D eigenvalue weighted by atomic mass is 9.77. The molecule has 168 valence electrons. The zero-order valence-electron chi connectivity index (χ0n) is 19.1. The molecule has 1 saturated heterocycles. The number of carbonyl (C=O) groups excluding carboxylic acids is 1. The van der Waals surface area contributed by atoms with Gasteiger partial charge in [-0.2, -0.15) is 0 Å². The van der Waals surface area contributed by atoms with Crippen molar-refractivity contribution in [2.75, 3.05) is 32.7 Å². The van der Waals surface area contributed by atoms with Crippen molar-refractivity contribution < 1.29 is 9.53 Å². The van der Waals surface area contributed by atoms with E-state index in [2.05, 4.69) is 35.8 Å². The third-order valence-corrected chi connectivity index (χ3v) is 7.41. The highest BCUT2D eigenvalue weighted by molar-refractivity contribution is 7.80. The number of hydrogen-bond acceptors (Lipinski definition) is 4. The summed E-state index contributed by atoms with van der Waals surface area (Å²) < 4.78 is 6.19. The van der Waals surface area contributed by atoms with Crippen molar-refractivity contribution in [3.8, 4) is 0 Å². The molecule has 1 aromatic rings. The summed E-state index contributed by atoms with van der Waals surface area (Å²) in [6.45, 7) is 9.55. The molecule has 5 heteroatoms. The van der Waals surface area contributed by atoms with E-state index >= 15 is 0 Å². The summed E-state index contributed by atoms with van der Waals surface area (Å²) in [7, 11) is 0. The Labute approximate surface area is 192 Å². The maximum atomic E-state index is 12.9. The zero-order valence-corrected chi connectivity index (χ0v) is 19.9. The highest BCUT2D eigenvalue weighted by atomic mass is 32.1. The van der Waals surface area contributed by atoms with Gasteiger partial charge in [-0.25, -0.2) is 4.79 Å². The molecule has 1 atom stereocenters. The van der Waals surface area contributed by atoms with Crippen LogP contribution >= 0.6 is 12.2 Å². The van der Waals surface area contributed by atoms with Gasteiger partial charge in [0.15, 0.2) is 5.60 Å². The van der Waals surface area contributed by atoms with Gasteiger partial charge in [0.25, 0.3) is 0 Å². The molecule has 3 heterocycles. The Morgan fingerprint density at radius 1 is 1.13 bits per heavy atom. The van der Waals surface area contributed by atoms with Crippen LogP contribution < -0.4 is 0 Å². The van der Waals surface area contributed by atoms with Crippen molar-refractivity contribution >= 4 is 23.2 Å². The molecule has 0 N–H and O–H groups in total. The zero-order chi connectivity index (χ0) is 21.8. The fraction of sp³-hybridized carbons (Fsp3) is 0.615. The number of carbonyl (C=O) groups is 1. The van der Waals surface area contributed by atoms with Crippen molar-refractivity contribution in [2.24, 2.45) is 5.92 Å². The number of esters is 1. The lowest BCUT2D eigenvalue weighted by Gasteiger charge is -2.38. The molecule has 0 aliphatic carbocycles. The van der Waals surface area contributed by atoms with Crippen molar-refractivity contribution in [3.63, 3.8) is 0 Å². The third kappa shape index (κ3) is 4.88. The van der Waals surface area contributed by atoms with Gasteiger partial charge in [-0.05, 0) is 69.6 Å². The molecular formula is C26H36N2O2S. The molecule has 4 rings (SSSR count). The van der Waals surface area contributed by atoms with E-state index in [0.29, 0.717) is 12.5 Å². The Morgan fingerprint density at radius 3 is 2.58 bits per heavy atom. The van der Waals surface area contributed by atoms with Gasteiger partial charge in [0.2, 0.25) is 0 Å². The predicted octanol–water partition coefficient (Wildman–Crippen LogP) is 5.08. The second-order valence-electron chi connectivity index (χ2n) is 9.71. The molecule has 3 aliphatic rings. The van der Waals surface area contributed by atoms with Gasteiger partial charge in [0.1, 0.15) is 0 Å². The topological polar surface area (TPSA) is 32.8 Å². The van der Waals surface area contributed by atoms with E-state index in [-0.39, 0.29) is 5.97 Å². The van der Waals surface area contributed by atoms with Crippen LogP contribution in [-0.2, 0) is 15.1 Å². The molecule has 0 spiro atoms. The Balaban J connectivity index is 1.48. The predicted molar refractivity (Wildman–Crippen MR) is 129 cm³/mol. The first-order chi connectivity index (χ1) is 15.0. The van der Waals surface area contributed by atoms with Crippen LogP contribution in [0.15, 0.2) is 41.5 Å². The molecule has 0 bridgehead atoms. The first-order valence-corrected chi connectivity index (χ1v) is 12.4. The summed E-state index contributed by atoms with van der Waals surface area (Å²) >= 11 is 5.87. The molecule has 1 unspecified atom stereocenters. The van der Waals surface area contributed by atoms with E-state index < -0.39 is 5.60 Å². The molecule has 0 saturated carbocycles. The molecule has 4 nitrogen and oxygen atoms in total. The highest BCUT2D eigenvalue weighted by Crippen LogP contribution is 2.48. The van der Waals surface area contributed by atoms with Crippen LogP contribution in [0, 0.1) is 5.92 Å². The maximum absolute atomic E-state index is 12.9. The first kappa shape index (κ1) is 22.5. The van der Waals surface area contributed by atoms with Crippen LogP contribution in [0.4, 0.5) is 0 Å². The largest absolute Gasteiger partial charge is 0.446 e. The van der Waals surface area contributed by atoms with Gasteiger partial charge in [-0.3, -0.25) is 0 Å². The number of ether oxygens (including phenoxy) is 1. The molecule has 0 aromatic heterocycles. The smallest absolute Gasteiger partial charge is 0.335 e. The first-order valence-electron chi connectivity index (χ1n) is 12.0. The Hall–Kier alpha value is -1.72. The number of nitrogens with zero attached hydrogens (tertiary/aromatic N) is 2. The van der Waals surface area contributed by atoms with Crippen molar-refractivity contribution in [1.82, 2.24) is 9.80 Å². The summed E-state index contributed by atoms with van der Waals surface area (Å²) in [5.41, 5.74) is 2.46. The van der Waals surface area contributed by atoms with Crippen LogP contribution in [0.5, 0.6) is 0 Å². The summed E-state index contributed by atoms with van der Waals surface area (Å²) in [5.74, 6) is 0.280. The van der Waals surface area contributed by atoms with Gasteiger partial charge in [0.05, 0.1) is 4.99 Å². The standard InChI is InChI=1S/C26H36N2O2S/c1-20(2)18-26(21-10-5-3-6-11-21)23-19-28(17-13-22(23)25(29)30-26)24(31)12-9-16-27-14-7-4-8-15-27/h3,5-6,10-11,20H,4,7-9,12-19H2,1-2H3. The van der Waals surface area contributed by atoms with Crippen LogP contribution in [0.1, 0.15) is 64.4 Å². The quantitative estimate of drug-likeness (QED) is 0.436. The molecule has 0 amide bonds. The second-order valence-corrected chi connectivity index (χ2v) is 10.2. The fourth-order valence-corrected chi connectivity index (χ4v) is 5.75. The number of thiocarbonyl (C=S) groups is 1. The number of rotatable bonds is 7. The van der Waals surface area contributed by atoms with E-state index in [1.54, 1.807) is 0 Å². The van der Waals surface area contributed by atoms with Gasteiger partial charge in [-0.15, -0.1) is 0 Å². The summed E-state index contributed by atoms with van der Waals surface area (Å²) in [4.78, 5) is 18.8. The minimum Gasteiger partial charge on any atom is -0.446 e. The van der Waals surface area contributed by atoms with Crippen LogP contribution in [0.3, 0.4) is 0 Å². The third-order valence-electron chi connectivity index (χ3n) is 6.95. The van der Waals surface area contributed by atoms with Gasteiger partial charge in [0, 0.05) is 24.2 Å². The number of likely N-dealkylation sites (tertiary alicyclic amines) is 1. The summed E-state index contributed by atoms with van der Waals surface area (Å²) in [6, 6.07) is 10.3. The fourth-order valence-electron chi connectivity index (χ4n) is 5.45.